The third-order valence-electron chi connectivity index (χ3n) is 5.60. The summed E-state index contributed by atoms with van der Waals surface area (Å²) in [4.78, 5) is 12.7. The molecule has 2 aromatic heterocycles. The maximum atomic E-state index is 13.2. The second-order valence-corrected chi connectivity index (χ2v) is 9.01. The Balaban J connectivity index is 1.41. The Bertz CT molecular complexity index is 1300. The van der Waals surface area contributed by atoms with Gasteiger partial charge in [0.15, 0.2) is 11.0 Å². The van der Waals surface area contributed by atoms with Gasteiger partial charge in [-0.2, -0.15) is 5.10 Å². The molecule has 2 heterocycles. The second kappa shape index (κ2) is 10.2. The fraction of sp³-hybridized carbons (Fsp3) is 0.280. The van der Waals surface area contributed by atoms with Crippen LogP contribution in [-0.2, 0) is 11.3 Å². The van der Waals surface area contributed by atoms with E-state index in [9.17, 15) is 9.18 Å². The van der Waals surface area contributed by atoms with Gasteiger partial charge in [-0.25, -0.2) is 9.07 Å². The number of rotatable bonds is 8. The first kappa shape index (κ1) is 23.7. The minimum atomic E-state index is -0.295. The van der Waals surface area contributed by atoms with Crippen LogP contribution in [0.2, 0.25) is 0 Å². The average molecular weight is 479 g/mol. The van der Waals surface area contributed by atoms with Gasteiger partial charge in [0.2, 0.25) is 5.91 Å². The number of halogens is 1. The summed E-state index contributed by atoms with van der Waals surface area (Å²) in [5.74, 6) is 0.624. The molecule has 7 nitrogen and oxygen atoms in total. The van der Waals surface area contributed by atoms with Crippen molar-refractivity contribution < 1.29 is 9.18 Å². The Morgan fingerprint density at radius 3 is 2.62 bits per heavy atom. The lowest BCUT2D eigenvalue weighted by atomic mass is 10.1. The lowest BCUT2D eigenvalue weighted by molar-refractivity contribution is -0.119. The lowest BCUT2D eigenvalue weighted by Gasteiger charge is -2.14. The van der Waals surface area contributed by atoms with E-state index in [4.69, 9.17) is 0 Å². The highest BCUT2D eigenvalue weighted by Crippen LogP contribution is 2.25. The predicted octanol–water partition coefficient (Wildman–Crippen LogP) is 4.88. The van der Waals surface area contributed by atoms with E-state index < -0.39 is 0 Å². The van der Waals surface area contributed by atoms with Crippen LogP contribution in [0.15, 0.2) is 59.9 Å². The highest BCUT2D eigenvalue weighted by Gasteiger charge is 2.18. The van der Waals surface area contributed by atoms with Crippen LogP contribution < -0.4 is 5.32 Å². The highest BCUT2D eigenvalue weighted by molar-refractivity contribution is 7.99. The number of hydrogen-bond donors (Lipinski definition) is 1. The smallest absolute Gasteiger partial charge is 0.230 e. The minimum absolute atomic E-state index is 0.103. The van der Waals surface area contributed by atoms with E-state index in [1.165, 1.54) is 23.9 Å². The maximum Gasteiger partial charge on any atom is 0.230 e. The molecule has 0 radical (unpaired) electrons. The molecular formula is C25H27FN6OS. The van der Waals surface area contributed by atoms with Crippen molar-refractivity contribution in [2.45, 2.75) is 45.4 Å². The van der Waals surface area contributed by atoms with Gasteiger partial charge in [-0.3, -0.25) is 4.79 Å². The molecule has 0 aliphatic carbocycles. The zero-order chi connectivity index (χ0) is 24.2. The topological polar surface area (TPSA) is 77.6 Å². The number of carbonyl (C=O) groups is 1. The van der Waals surface area contributed by atoms with Crippen LogP contribution in [0.3, 0.4) is 0 Å². The Labute approximate surface area is 202 Å². The van der Waals surface area contributed by atoms with Gasteiger partial charge in [0.1, 0.15) is 5.82 Å². The van der Waals surface area contributed by atoms with Crippen LogP contribution in [0.4, 0.5) is 4.39 Å². The van der Waals surface area contributed by atoms with Crippen molar-refractivity contribution >= 4 is 17.7 Å². The molecule has 0 saturated heterocycles. The van der Waals surface area contributed by atoms with Gasteiger partial charge in [0, 0.05) is 23.4 Å². The normalized spacial score (nSPS) is 12.0. The van der Waals surface area contributed by atoms with Gasteiger partial charge in [-0.1, -0.05) is 35.5 Å². The standard InChI is InChI=1S/C25H27FN6OS/c1-5-31-24(19-8-6-7-16(2)13-19)29-30-25(31)34-15-23(33)28-17(3)22-14-27-32(18(22)4)21-11-9-20(26)10-12-21/h6-14,17H,5,15H2,1-4H3,(H,28,33). The van der Waals surface area contributed by atoms with E-state index in [1.54, 1.807) is 23.0 Å². The first-order valence-electron chi connectivity index (χ1n) is 11.1. The molecule has 0 bridgehead atoms. The van der Waals surface area contributed by atoms with Crippen molar-refractivity contribution in [3.8, 4) is 17.1 Å². The monoisotopic (exact) mass is 478 g/mol. The van der Waals surface area contributed by atoms with Crippen LogP contribution in [-0.4, -0.2) is 36.2 Å². The van der Waals surface area contributed by atoms with Gasteiger partial charge in [0.05, 0.1) is 23.7 Å². The molecule has 1 atom stereocenters. The average Bonchev–Trinajstić information content (AvgIpc) is 3.41. The van der Waals surface area contributed by atoms with E-state index in [0.29, 0.717) is 11.7 Å². The van der Waals surface area contributed by atoms with Crippen molar-refractivity contribution in [1.29, 1.82) is 0 Å². The molecule has 1 amide bonds. The van der Waals surface area contributed by atoms with Gasteiger partial charge >= 0.3 is 0 Å². The number of hydrogen-bond acceptors (Lipinski definition) is 5. The van der Waals surface area contributed by atoms with E-state index in [1.807, 2.05) is 50.5 Å². The predicted molar refractivity (Wildman–Crippen MR) is 131 cm³/mol. The summed E-state index contributed by atoms with van der Waals surface area (Å²) in [6.45, 7) is 8.64. The minimum Gasteiger partial charge on any atom is -0.349 e. The molecule has 4 rings (SSSR count). The molecule has 1 unspecified atom stereocenters. The molecular weight excluding hydrogens is 451 g/mol. The van der Waals surface area contributed by atoms with Crippen LogP contribution >= 0.6 is 11.8 Å². The van der Waals surface area contributed by atoms with E-state index in [2.05, 4.69) is 26.7 Å². The Hall–Kier alpha value is -3.46. The number of aryl methyl sites for hydroxylation is 1. The number of carbonyl (C=O) groups excluding carboxylic acids is 1. The third kappa shape index (κ3) is 5.04. The van der Waals surface area contributed by atoms with E-state index in [0.717, 1.165) is 33.9 Å². The van der Waals surface area contributed by atoms with Crippen LogP contribution in [0.25, 0.3) is 17.1 Å². The molecule has 34 heavy (non-hydrogen) atoms. The maximum absolute atomic E-state index is 13.2. The molecule has 9 heteroatoms. The van der Waals surface area contributed by atoms with Gasteiger partial charge in [0.25, 0.3) is 0 Å². The van der Waals surface area contributed by atoms with Gasteiger partial charge < -0.3 is 9.88 Å². The molecule has 0 fully saturated rings. The van der Waals surface area contributed by atoms with Crippen LogP contribution in [0, 0.1) is 19.7 Å². The second-order valence-electron chi connectivity index (χ2n) is 8.07. The summed E-state index contributed by atoms with van der Waals surface area (Å²) < 4.78 is 17.0. The number of benzene rings is 2. The summed E-state index contributed by atoms with van der Waals surface area (Å²) in [5, 5.41) is 16.8. The van der Waals surface area contributed by atoms with Crippen molar-refractivity contribution in [1.82, 2.24) is 29.9 Å². The molecule has 0 aliphatic rings. The molecule has 4 aromatic rings. The molecule has 0 saturated carbocycles. The summed E-state index contributed by atoms with van der Waals surface area (Å²) in [6, 6.07) is 14.1. The van der Waals surface area contributed by atoms with Crippen LogP contribution in [0.1, 0.15) is 36.7 Å². The zero-order valence-electron chi connectivity index (χ0n) is 19.6. The Kier molecular flexibility index (Phi) is 7.12. The van der Waals surface area contributed by atoms with Crippen molar-refractivity contribution in [2.24, 2.45) is 0 Å². The fourth-order valence-corrected chi connectivity index (χ4v) is 4.67. The Morgan fingerprint density at radius 2 is 1.91 bits per heavy atom. The van der Waals surface area contributed by atoms with Crippen molar-refractivity contribution in [3.05, 3.63) is 77.4 Å². The lowest BCUT2D eigenvalue weighted by Crippen LogP contribution is -2.28. The van der Waals surface area contributed by atoms with Crippen molar-refractivity contribution in [3.63, 3.8) is 0 Å². The number of aromatic nitrogens is 5. The fourth-order valence-electron chi connectivity index (χ4n) is 3.86. The van der Waals surface area contributed by atoms with Gasteiger partial charge in [-0.05, 0) is 58.0 Å². The van der Waals surface area contributed by atoms with Crippen LogP contribution in [0.5, 0.6) is 0 Å². The molecule has 0 aliphatic heterocycles. The third-order valence-corrected chi connectivity index (χ3v) is 6.57. The molecule has 2 aromatic carbocycles. The first-order valence-corrected chi connectivity index (χ1v) is 12.1. The van der Waals surface area contributed by atoms with Gasteiger partial charge in [-0.15, -0.1) is 10.2 Å². The molecule has 176 valence electrons. The quantitative estimate of drug-likeness (QED) is 0.366. The first-order chi connectivity index (χ1) is 16.4. The number of nitrogens with one attached hydrogen (secondary N) is 1. The Morgan fingerprint density at radius 1 is 1.15 bits per heavy atom. The van der Waals surface area contributed by atoms with Crippen molar-refractivity contribution in [2.75, 3.05) is 5.75 Å². The largest absolute Gasteiger partial charge is 0.349 e. The SMILES string of the molecule is CCn1c(SCC(=O)NC(C)c2cnn(-c3ccc(F)cc3)c2C)nnc1-c1cccc(C)c1. The number of nitrogens with zero attached hydrogens (tertiary/aromatic N) is 5. The van der Waals surface area contributed by atoms with E-state index >= 15 is 0 Å². The summed E-state index contributed by atoms with van der Waals surface area (Å²) >= 11 is 1.37. The summed E-state index contributed by atoms with van der Waals surface area (Å²) in [7, 11) is 0. The number of amides is 1. The summed E-state index contributed by atoms with van der Waals surface area (Å²) in [5.41, 5.74) is 4.72. The number of thioether (sulfide) groups is 1. The molecule has 0 spiro atoms. The van der Waals surface area contributed by atoms with E-state index in [-0.39, 0.29) is 23.5 Å². The molecule has 1 N–H and O–H groups in total. The highest BCUT2D eigenvalue weighted by atomic mass is 32.2. The summed E-state index contributed by atoms with van der Waals surface area (Å²) in [6.07, 6.45) is 1.73. The zero-order valence-corrected chi connectivity index (χ0v) is 20.4.